The normalized spacial score (nSPS) is 11.5. The molecule has 3 rings (SSSR count). The zero-order valence-electron chi connectivity index (χ0n) is 9.64. The van der Waals surface area contributed by atoms with Gasteiger partial charge in [0.2, 0.25) is 0 Å². The van der Waals surface area contributed by atoms with Crippen LogP contribution >= 0.6 is 11.5 Å². The number of hydrogen-bond acceptors (Lipinski definition) is 4. The Labute approximate surface area is 103 Å². The molecule has 5 heteroatoms. The molecule has 86 valence electrons. The molecule has 0 aliphatic rings. The lowest BCUT2D eigenvalue weighted by Crippen LogP contribution is -1.91. The molecule has 2 heterocycles. The van der Waals surface area contributed by atoms with E-state index in [4.69, 9.17) is 0 Å². The van der Waals surface area contributed by atoms with Crippen molar-refractivity contribution < 1.29 is 0 Å². The van der Waals surface area contributed by atoms with Crippen molar-refractivity contribution >= 4 is 22.6 Å². The van der Waals surface area contributed by atoms with Crippen LogP contribution in [-0.4, -0.2) is 19.6 Å². The number of para-hydroxylation sites is 2. The van der Waals surface area contributed by atoms with Gasteiger partial charge in [-0.3, -0.25) is 0 Å². The highest BCUT2D eigenvalue weighted by Crippen LogP contribution is 2.29. The van der Waals surface area contributed by atoms with Crippen LogP contribution in [-0.2, 0) is 0 Å². The second-order valence-corrected chi connectivity index (χ2v) is 5.00. The van der Waals surface area contributed by atoms with Crippen LogP contribution in [0.5, 0.6) is 0 Å². The number of nitrogens with zero attached hydrogens (tertiary/aromatic N) is 3. The Balaban J connectivity index is 2.17. The molecule has 0 aliphatic heterocycles. The third kappa shape index (κ3) is 1.72. The van der Waals surface area contributed by atoms with E-state index in [0.29, 0.717) is 5.92 Å². The lowest BCUT2D eigenvalue weighted by atomic mass is 10.1. The van der Waals surface area contributed by atoms with Crippen LogP contribution in [0.4, 0.5) is 0 Å². The third-order valence-corrected chi connectivity index (χ3v) is 3.41. The summed E-state index contributed by atoms with van der Waals surface area (Å²) in [6.07, 6.45) is 0. The first-order valence-electron chi connectivity index (χ1n) is 5.53. The Morgan fingerprint density at radius 2 is 2.06 bits per heavy atom. The molecule has 0 saturated carbocycles. The lowest BCUT2D eigenvalue weighted by molar-refractivity contribution is 0.813. The summed E-state index contributed by atoms with van der Waals surface area (Å²) >= 11 is 1.39. The summed E-state index contributed by atoms with van der Waals surface area (Å²) in [5.41, 5.74) is 3.03. The van der Waals surface area contributed by atoms with E-state index >= 15 is 0 Å². The van der Waals surface area contributed by atoms with Crippen LogP contribution in [0.15, 0.2) is 24.3 Å². The summed E-state index contributed by atoms with van der Waals surface area (Å²) in [6, 6.07) is 8.01. The van der Waals surface area contributed by atoms with Crippen molar-refractivity contribution in [3.05, 3.63) is 30.0 Å². The minimum absolute atomic E-state index is 0.358. The summed E-state index contributed by atoms with van der Waals surface area (Å²) in [6.45, 7) is 4.23. The number of rotatable bonds is 2. The SMILES string of the molecule is CC(C)c1nnsc1-c1nc2ccccc2[nH]1. The van der Waals surface area contributed by atoms with Gasteiger partial charge in [0.05, 0.1) is 16.7 Å². The van der Waals surface area contributed by atoms with Gasteiger partial charge < -0.3 is 4.98 Å². The van der Waals surface area contributed by atoms with Crippen molar-refractivity contribution in [3.63, 3.8) is 0 Å². The average Bonchev–Trinajstić information content (AvgIpc) is 2.95. The zero-order valence-corrected chi connectivity index (χ0v) is 10.5. The van der Waals surface area contributed by atoms with E-state index in [1.54, 1.807) is 0 Å². The Kier molecular flexibility index (Phi) is 2.40. The van der Waals surface area contributed by atoms with Crippen molar-refractivity contribution in [2.45, 2.75) is 19.8 Å². The molecule has 3 aromatic rings. The molecular formula is C12H12N4S. The van der Waals surface area contributed by atoms with Crippen LogP contribution in [0.3, 0.4) is 0 Å². The van der Waals surface area contributed by atoms with Gasteiger partial charge in [-0.1, -0.05) is 30.5 Å². The molecule has 0 bridgehead atoms. The maximum Gasteiger partial charge on any atom is 0.152 e. The summed E-state index contributed by atoms with van der Waals surface area (Å²) < 4.78 is 4.02. The number of aromatic amines is 1. The Hall–Kier alpha value is -1.75. The van der Waals surface area contributed by atoms with E-state index < -0.39 is 0 Å². The van der Waals surface area contributed by atoms with E-state index in [0.717, 1.165) is 27.4 Å². The van der Waals surface area contributed by atoms with Gasteiger partial charge in [-0.15, -0.1) is 5.10 Å². The highest BCUT2D eigenvalue weighted by molar-refractivity contribution is 7.09. The molecule has 0 unspecified atom stereocenters. The predicted octanol–water partition coefficient (Wildman–Crippen LogP) is 3.20. The van der Waals surface area contributed by atoms with Crippen molar-refractivity contribution in [3.8, 4) is 10.7 Å². The number of aromatic nitrogens is 4. The molecule has 0 spiro atoms. The van der Waals surface area contributed by atoms with Gasteiger partial charge in [-0.25, -0.2) is 4.98 Å². The maximum absolute atomic E-state index is 4.57. The predicted molar refractivity (Wildman–Crippen MR) is 69.1 cm³/mol. The van der Waals surface area contributed by atoms with E-state index in [-0.39, 0.29) is 0 Å². The first-order valence-corrected chi connectivity index (χ1v) is 6.30. The number of nitrogens with one attached hydrogen (secondary N) is 1. The molecule has 0 radical (unpaired) electrons. The molecule has 0 amide bonds. The monoisotopic (exact) mass is 244 g/mol. The first kappa shape index (κ1) is 10.4. The minimum atomic E-state index is 0.358. The van der Waals surface area contributed by atoms with Crippen molar-refractivity contribution in [2.75, 3.05) is 0 Å². The summed E-state index contributed by atoms with van der Waals surface area (Å²) in [5.74, 6) is 1.22. The van der Waals surface area contributed by atoms with Crippen molar-refractivity contribution in [1.82, 2.24) is 19.6 Å². The zero-order chi connectivity index (χ0) is 11.8. The fourth-order valence-electron chi connectivity index (χ4n) is 1.80. The number of benzene rings is 1. The van der Waals surface area contributed by atoms with Crippen LogP contribution < -0.4 is 0 Å². The Bertz CT molecular complexity index is 620. The molecule has 0 atom stereocenters. The van der Waals surface area contributed by atoms with E-state index in [9.17, 15) is 0 Å². The van der Waals surface area contributed by atoms with E-state index in [2.05, 4.69) is 33.4 Å². The molecule has 1 aromatic carbocycles. The second-order valence-electron chi connectivity index (χ2n) is 4.24. The van der Waals surface area contributed by atoms with Crippen molar-refractivity contribution in [2.24, 2.45) is 0 Å². The van der Waals surface area contributed by atoms with Gasteiger partial charge in [0.25, 0.3) is 0 Å². The molecule has 4 nitrogen and oxygen atoms in total. The van der Waals surface area contributed by atoms with Crippen LogP contribution in [0, 0.1) is 0 Å². The molecule has 1 N–H and O–H groups in total. The number of H-pyrrole nitrogens is 1. The van der Waals surface area contributed by atoms with E-state index in [1.165, 1.54) is 11.5 Å². The van der Waals surface area contributed by atoms with Crippen LogP contribution in [0.2, 0.25) is 0 Å². The van der Waals surface area contributed by atoms with E-state index in [1.807, 2.05) is 24.3 Å². The van der Waals surface area contributed by atoms with Gasteiger partial charge in [-0.05, 0) is 29.6 Å². The number of imidazole rings is 1. The van der Waals surface area contributed by atoms with Crippen LogP contribution in [0.1, 0.15) is 25.5 Å². The van der Waals surface area contributed by atoms with Gasteiger partial charge in [0.1, 0.15) is 4.88 Å². The third-order valence-electron chi connectivity index (χ3n) is 2.66. The van der Waals surface area contributed by atoms with Crippen LogP contribution in [0.25, 0.3) is 21.7 Å². The highest BCUT2D eigenvalue weighted by Gasteiger charge is 2.16. The molecule has 0 fully saturated rings. The smallest absolute Gasteiger partial charge is 0.152 e. The van der Waals surface area contributed by atoms with Crippen molar-refractivity contribution in [1.29, 1.82) is 0 Å². The van der Waals surface area contributed by atoms with Gasteiger partial charge in [0.15, 0.2) is 5.82 Å². The Morgan fingerprint density at radius 1 is 1.24 bits per heavy atom. The van der Waals surface area contributed by atoms with Gasteiger partial charge >= 0.3 is 0 Å². The molecule has 0 aliphatic carbocycles. The minimum Gasteiger partial charge on any atom is -0.337 e. The Morgan fingerprint density at radius 3 is 2.82 bits per heavy atom. The fraction of sp³-hybridized carbons (Fsp3) is 0.250. The topological polar surface area (TPSA) is 54.5 Å². The standard InChI is InChI=1S/C12H12N4S/c1-7(2)10-11(17-16-15-10)12-13-8-5-3-4-6-9(8)14-12/h3-7H,1-2H3,(H,13,14). The van der Waals surface area contributed by atoms with Gasteiger partial charge in [0, 0.05) is 0 Å². The fourth-order valence-corrected chi connectivity index (χ4v) is 2.56. The summed E-state index contributed by atoms with van der Waals surface area (Å²) in [5, 5.41) is 4.17. The number of hydrogen-bond donors (Lipinski definition) is 1. The summed E-state index contributed by atoms with van der Waals surface area (Å²) in [7, 11) is 0. The molecule has 2 aromatic heterocycles. The second kappa shape index (κ2) is 3.92. The number of fused-ring (bicyclic) bond motifs is 1. The maximum atomic E-state index is 4.57. The lowest BCUT2D eigenvalue weighted by Gasteiger charge is -2.00. The molecule has 0 saturated heterocycles. The largest absolute Gasteiger partial charge is 0.337 e. The molecular weight excluding hydrogens is 232 g/mol. The highest BCUT2D eigenvalue weighted by atomic mass is 32.1. The quantitative estimate of drug-likeness (QED) is 0.753. The first-order chi connectivity index (χ1) is 8.25. The average molecular weight is 244 g/mol. The van der Waals surface area contributed by atoms with Gasteiger partial charge in [-0.2, -0.15) is 0 Å². The molecule has 17 heavy (non-hydrogen) atoms. The summed E-state index contributed by atoms with van der Waals surface area (Å²) in [4.78, 5) is 8.92.